The van der Waals surface area contributed by atoms with Crippen LogP contribution in [0.25, 0.3) is 5.65 Å². The van der Waals surface area contributed by atoms with Crippen molar-refractivity contribution in [3.05, 3.63) is 100.0 Å². The molecule has 0 unspecified atom stereocenters. The van der Waals surface area contributed by atoms with E-state index in [1.165, 1.54) is 12.1 Å². The van der Waals surface area contributed by atoms with Gasteiger partial charge in [-0.2, -0.15) is 0 Å². The van der Waals surface area contributed by atoms with Crippen LogP contribution in [0.4, 0.5) is 17.1 Å². The van der Waals surface area contributed by atoms with Crippen molar-refractivity contribution in [2.75, 3.05) is 5.32 Å². The average Bonchev–Trinajstić information content (AvgIpc) is 3.17. The molecule has 0 fully saturated rings. The van der Waals surface area contributed by atoms with E-state index in [4.69, 9.17) is 0 Å². The molecule has 0 saturated heterocycles. The summed E-state index contributed by atoms with van der Waals surface area (Å²) >= 11 is 0. The summed E-state index contributed by atoms with van der Waals surface area (Å²) in [5, 5.41) is 17.3. The third-order valence-electron chi connectivity index (χ3n) is 4.69. The highest BCUT2D eigenvalue weighted by Gasteiger charge is 2.18. The Balaban J connectivity index is 1.51. The van der Waals surface area contributed by atoms with E-state index < -0.39 is 10.8 Å². The van der Waals surface area contributed by atoms with Crippen LogP contribution in [0, 0.1) is 17.0 Å². The molecule has 0 atom stereocenters. The van der Waals surface area contributed by atoms with Gasteiger partial charge in [-0.1, -0.05) is 24.3 Å². The summed E-state index contributed by atoms with van der Waals surface area (Å²) in [5.41, 5.74) is 3.61. The molecule has 2 aromatic carbocycles. The molecule has 2 aromatic heterocycles. The van der Waals surface area contributed by atoms with Crippen LogP contribution in [-0.2, 0) is 6.54 Å². The summed E-state index contributed by atoms with van der Waals surface area (Å²) in [6, 6.07) is 19.3. The van der Waals surface area contributed by atoms with Gasteiger partial charge in [0.2, 0.25) is 0 Å². The van der Waals surface area contributed by atoms with E-state index in [0.29, 0.717) is 11.4 Å². The van der Waals surface area contributed by atoms with Gasteiger partial charge in [0.1, 0.15) is 11.3 Å². The second-order valence-electron chi connectivity index (χ2n) is 6.79. The van der Waals surface area contributed by atoms with Crippen LogP contribution in [0.3, 0.4) is 0 Å². The summed E-state index contributed by atoms with van der Waals surface area (Å²) in [7, 11) is 0. The molecule has 30 heavy (non-hydrogen) atoms. The topological polar surface area (TPSA) is 102 Å². The zero-order chi connectivity index (χ0) is 21.1. The molecule has 4 aromatic rings. The average molecular weight is 401 g/mol. The minimum atomic E-state index is -0.507. The molecule has 1 amide bonds. The van der Waals surface area contributed by atoms with E-state index in [-0.39, 0.29) is 17.8 Å². The predicted molar refractivity (Wildman–Crippen MR) is 114 cm³/mol. The van der Waals surface area contributed by atoms with Crippen LogP contribution in [0.2, 0.25) is 0 Å². The first-order valence-electron chi connectivity index (χ1n) is 9.33. The first kappa shape index (κ1) is 19.1. The van der Waals surface area contributed by atoms with E-state index in [0.717, 1.165) is 17.0 Å². The molecule has 0 spiro atoms. The number of imidazole rings is 1. The molecule has 150 valence electrons. The summed E-state index contributed by atoms with van der Waals surface area (Å²) in [4.78, 5) is 28.0. The summed E-state index contributed by atoms with van der Waals surface area (Å²) in [6.45, 7) is 2.19. The number of rotatable bonds is 6. The maximum Gasteiger partial charge on any atom is 0.293 e. The number of aryl methyl sites for hydroxylation is 1. The van der Waals surface area contributed by atoms with E-state index in [1.54, 1.807) is 18.2 Å². The largest absolute Gasteiger partial charge is 0.350 e. The molecule has 0 radical (unpaired) electrons. The molecule has 0 bridgehead atoms. The van der Waals surface area contributed by atoms with Crippen molar-refractivity contribution < 1.29 is 9.72 Å². The van der Waals surface area contributed by atoms with Crippen molar-refractivity contribution in [3.63, 3.8) is 0 Å². The van der Waals surface area contributed by atoms with Crippen LogP contribution in [-0.4, -0.2) is 20.2 Å². The summed E-state index contributed by atoms with van der Waals surface area (Å²) in [6.07, 6.45) is 1.86. The van der Waals surface area contributed by atoms with Crippen LogP contribution < -0.4 is 10.6 Å². The van der Waals surface area contributed by atoms with Crippen LogP contribution >= 0.6 is 0 Å². The standard InChI is InChI=1S/C22H19N5O3/c1-15-6-5-9-21-25-18(14-26(15)21)13-23-22(28)16-10-11-19(20(12-16)27(29)30)24-17-7-3-2-4-8-17/h2-12,14,24H,13H2,1H3,(H,23,28). The van der Waals surface area contributed by atoms with Crippen LogP contribution in [0.5, 0.6) is 0 Å². The molecule has 4 rings (SSSR count). The lowest BCUT2D eigenvalue weighted by Crippen LogP contribution is -2.23. The van der Waals surface area contributed by atoms with E-state index in [2.05, 4.69) is 15.6 Å². The fraction of sp³-hybridized carbons (Fsp3) is 0.0909. The van der Waals surface area contributed by atoms with Crippen molar-refractivity contribution in [3.8, 4) is 0 Å². The Labute approximate surface area is 172 Å². The Morgan fingerprint density at radius 1 is 1.10 bits per heavy atom. The van der Waals surface area contributed by atoms with Crippen LogP contribution in [0.1, 0.15) is 21.7 Å². The SMILES string of the molecule is Cc1cccc2nc(CNC(=O)c3ccc(Nc4ccccc4)c([N+](=O)[O-])c3)cn12. The van der Waals surface area contributed by atoms with Crippen LogP contribution in [0.15, 0.2) is 72.9 Å². The first-order valence-corrected chi connectivity index (χ1v) is 9.33. The number of nitro groups is 1. The highest BCUT2D eigenvalue weighted by molar-refractivity contribution is 5.95. The third-order valence-corrected chi connectivity index (χ3v) is 4.69. The second-order valence-corrected chi connectivity index (χ2v) is 6.79. The zero-order valence-electron chi connectivity index (χ0n) is 16.2. The first-order chi connectivity index (χ1) is 14.5. The summed E-state index contributed by atoms with van der Waals surface area (Å²) < 4.78 is 1.94. The van der Waals surface area contributed by atoms with Crippen molar-refractivity contribution in [1.82, 2.24) is 14.7 Å². The maximum atomic E-state index is 12.6. The number of hydrogen-bond acceptors (Lipinski definition) is 5. The quantitative estimate of drug-likeness (QED) is 0.372. The van der Waals surface area contributed by atoms with E-state index >= 15 is 0 Å². The van der Waals surface area contributed by atoms with E-state index in [9.17, 15) is 14.9 Å². The van der Waals surface area contributed by atoms with Crippen molar-refractivity contribution >= 4 is 28.6 Å². The Bertz CT molecular complexity index is 1230. The highest BCUT2D eigenvalue weighted by Crippen LogP contribution is 2.28. The normalized spacial score (nSPS) is 10.7. The fourth-order valence-corrected chi connectivity index (χ4v) is 3.16. The number of carbonyl (C=O) groups is 1. The molecule has 2 heterocycles. The second kappa shape index (κ2) is 8.04. The van der Waals surface area contributed by atoms with Crippen molar-refractivity contribution in [1.29, 1.82) is 0 Å². The number of pyridine rings is 1. The zero-order valence-corrected chi connectivity index (χ0v) is 16.2. The van der Waals surface area contributed by atoms with Gasteiger partial charge in [0.15, 0.2) is 0 Å². The molecule has 0 aliphatic carbocycles. The lowest BCUT2D eigenvalue weighted by molar-refractivity contribution is -0.383. The number of benzene rings is 2. The number of amides is 1. The Morgan fingerprint density at radius 3 is 2.63 bits per heavy atom. The van der Waals surface area contributed by atoms with Gasteiger partial charge in [-0.05, 0) is 43.3 Å². The number of nitrogens with zero attached hydrogens (tertiary/aromatic N) is 3. The molecule has 0 aliphatic rings. The number of nitrogens with one attached hydrogen (secondary N) is 2. The summed E-state index contributed by atoms with van der Waals surface area (Å²) in [5.74, 6) is -0.405. The monoisotopic (exact) mass is 401 g/mol. The maximum absolute atomic E-state index is 12.6. The Morgan fingerprint density at radius 2 is 1.90 bits per heavy atom. The lowest BCUT2D eigenvalue weighted by Gasteiger charge is -2.09. The fourth-order valence-electron chi connectivity index (χ4n) is 3.16. The van der Waals surface area contributed by atoms with Gasteiger partial charge in [0.05, 0.1) is 17.2 Å². The van der Waals surface area contributed by atoms with Gasteiger partial charge in [-0.3, -0.25) is 14.9 Å². The van der Waals surface area contributed by atoms with Gasteiger partial charge in [-0.25, -0.2) is 4.98 Å². The lowest BCUT2D eigenvalue weighted by atomic mass is 10.1. The molecule has 2 N–H and O–H groups in total. The number of fused-ring (bicyclic) bond motifs is 1. The van der Waals surface area contributed by atoms with Gasteiger partial charge in [0, 0.05) is 29.2 Å². The van der Waals surface area contributed by atoms with Gasteiger partial charge in [0.25, 0.3) is 11.6 Å². The highest BCUT2D eigenvalue weighted by atomic mass is 16.6. The number of anilines is 2. The van der Waals surface area contributed by atoms with E-state index in [1.807, 2.05) is 53.9 Å². The smallest absolute Gasteiger partial charge is 0.293 e. The number of nitro benzene ring substituents is 1. The number of aromatic nitrogens is 2. The Hall–Kier alpha value is -4.20. The number of carbonyl (C=O) groups excluding carboxylic acids is 1. The molecule has 8 nitrogen and oxygen atoms in total. The molecular formula is C22H19N5O3. The number of hydrogen-bond donors (Lipinski definition) is 2. The van der Waals surface area contributed by atoms with Crippen molar-refractivity contribution in [2.45, 2.75) is 13.5 Å². The Kier molecular flexibility index (Phi) is 5.13. The van der Waals surface area contributed by atoms with Gasteiger partial charge < -0.3 is 15.0 Å². The molecule has 0 saturated carbocycles. The molecular weight excluding hydrogens is 382 g/mol. The van der Waals surface area contributed by atoms with Gasteiger partial charge in [-0.15, -0.1) is 0 Å². The minimum Gasteiger partial charge on any atom is -0.350 e. The third kappa shape index (κ3) is 3.97. The predicted octanol–water partition coefficient (Wildman–Crippen LogP) is 4.22. The van der Waals surface area contributed by atoms with Gasteiger partial charge >= 0.3 is 0 Å². The molecule has 0 aliphatic heterocycles. The van der Waals surface area contributed by atoms with Crippen molar-refractivity contribution in [2.24, 2.45) is 0 Å². The minimum absolute atomic E-state index is 0.171. The number of para-hydroxylation sites is 1. The molecule has 8 heteroatoms.